The van der Waals surface area contributed by atoms with Gasteiger partial charge in [0, 0.05) is 6.54 Å². The van der Waals surface area contributed by atoms with Crippen LogP contribution in [0, 0.1) is 5.92 Å². The molecule has 2 rings (SSSR count). The molecule has 2 aliphatic rings. The minimum Gasteiger partial charge on any atom is -0.325 e. The standard InChI is InChI=1S/C15H28N2O/c1-4-8-13-16-15(9-6-7-10-15)14(18)17(13)11-12(3)5-2/h12-13,16H,4-11H2,1-3H3. The van der Waals surface area contributed by atoms with E-state index in [1.807, 2.05) is 0 Å². The summed E-state index contributed by atoms with van der Waals surface area (Å²) in [5.74, 6) is 0.991. The van der Waals surface area contributed by atoms with E-state index in [1.165, 1.54) is 12.8 Å². The van der Waals surface area contributed by atoms with Crippen LogP contribution in [0.5, 0.6) is 0 Å². The van der Waals surface area contributed by atoms with Crippen molar-refractivity contribution < 1.29 is 4.79 Å². The molecule has 1 saturated heterocycles. The van der Waals surface area contributed by atoms with Crippen molar-refractivity contribution in [2.45, 2.75) is 77.4 Å². The van der Waals surface area contributed by atoms with Crippen molar-refractivity contribution in [3.05, 3.63) is 0 Å². The minimum atomic E-state index is -0.187. The van der Waals surface area contributed by atoms with E-state index in [-0.39, 0.29) is 11.7 Å². The van der Waals surface area contributed by atoms with Gasteiger partial charge in [0.05, 0.1) is 11.7 Å². The second-order valence-corrected chi connectivity index (χ2v) is 6.21. The highest BCUT2D eigenvalue weighted by Gasteiger charge is 2.51. The van der Waals surface area contributed by atoms with Gasteiger partial charge in [-0.1, -0.05) is 46.5 Å². The zero-order valence-corrected chi connectivity index (χ0v) is 12.2. The number of nitrogens with zero attached hydrogens (tertiary/aromatic N) is 1. The fraction of sp³-hybridized carbons (Fsp3) is 0.933. The number of carbonyl (C=O) groups excluding carboxylic acids is 1. The van der Waals surface area contributed by atoms with Crippen molar-refractivity contribution in [3.8, 4) is 0 Å². The van der Waals surface area contributed by atoms with Crippen LogP contribution in [0.3, 0.4) is 0 Å². The van der Waals surface area contributed by atoms with E-state index in [1.54, 1.807) is 0 Å². The number of rotatable bonds is 5. The molecule has 1 saturated carbocycles. The molecule has 0 aromatic rings. The molecule has 104 valence electrons. The Morgan fingerprint density at radius 3 is 2.61 bits per heavy atom. The molecule has 0 bridgehead atoms. The van der Waals surface area contributed by atoms with E-state index in [9.17, 15) is 4.79 Å². The van der Waals surface area contributed by atoms with Crippen molar-refractivity contribution >= 4 is 5.91 Å². The summed E-state index contributed by atoms with van der Waals surface area (Å²) >= 11 is 0. The molecule has 2 fully saturated rings. The minimum absolute atomic E-state index is 0.187. The van der Waals surface area contributed by atoms with E-state index < -0.39 is 0 Å². The second kappa shape index (κ2) is 5.60. The van der Waals surface area contributed by atoms with Crippen molar-refractivity contribution in [1.29, 1.82) is 0 Å². The fourth-order valence-electron chi connectivity index (χ4n) is 3.39. The molecule has 2 atom stereocenters. The van der Waals surface area contributed by atoms with Crippen molar-refractivity contribution in [3.63, 3.8) is 0 Å². The Morgan fingerprint density at radius 2 is 2.06 bits per heavy atom. The van der Waals surface area contributed by atoms with Gasteiger partial charge in [-0.25, -0.2) is 0 Å². The molecule has 3 heteroatoms. The van der Waals surface area contributed by atoms with Gasteiger partial charge in [-0.2, -0.15) is 0 Å². The van der Waals surface area contributed by atoms with Crippen molar-refractivity contribution in [2.75, 3.05) is 6.54 Å². The highest BCUT2D eigenvalue weighted by molar-refractivity contribution is 5.89. The number of carbonyl (C=O) groups is 1. The molecule has 1 aliphatic carbocycles. The summed E-state index contributed by atoms with van der Waals surface area (Å²) < 4.78 is 0. The molecule has 3 nitrogen and oxygen atoms in total. The van der Waals surface area contributed by atoms with Gasteiger partial charge >= 0.3 is 0 Å². The fourth-order valence-corrected chi connectivity index (χ4v) is 3.39. The molecule has 18 heavy (non-hydrogen) atoms. The average Bonchev–Trinajstić information content (AvgIpc) is 2.92. The maximum atomic E-state index is 12.7. The largest absolute Gasteiger partial charge is 0.325 e. The first-order valence-corrected chi connectivity index (χ1v) is 7.71. The van der Waals surface area contributed by atoms with E-state index in [2.05, 4.69) is 31.0 Å². The van der Waals surface area contributed by atoms with Crippen LogP contribution < -0.4 is 5.32 Å². The maximum Gasteiger partial charge on any atom is 0.244 e. The van der Waals surface area contributed by atoms with Gasteiger partial charge in [0.15, 0.2) is 0 Å². The Morgan fingerprint density at radius 1 is 1.39 bits per heavy atom. The highest BCUT2D eigenvalue weighted by atomic mass is 16.2. The Labute approximate surface area is 111 Å². The molecule has 0 aromatic carbocycles. The first-order valence-electron chi connectivity index (χ1n) is 7.71. The summed E-state index contributed by atoms with van der Waals surface area (Å²) in [4.78, 5) is 14.9. The number of hydrogen-bond acceptors (Lipinski definition) is 2. The first kappa shape index (κ1) is 13.9. The molecule has 1 aliphatic heterocycles. The van der Waals surface area contributed by atoms with Crippen molar-refractivity contribution in [1.82, 2.24) is 10.2 Å². The Hall–Kier alpha value is -0.570. The van der Waals surface area contributed by atoms with Crippen LogP contribution >= 0.6 is 0 Å². The lowest BCUT2D eigenvalue weighted by molar-refractivity contribution is -0.133. The topological polar surface area (TPSA) is 32.3 Å². The van der Waals surface area contributed by atoms with Gasteiger partial charge in [-0.3, -0.25) is 10.1 Å². The normalized spacial score (nSPS) is 28.3. The summed E-state index contributed by atoms with van der Waals surface area (Å²) in [6.07, 6.45) is 8.15. The number of nitrogens with one attached hydrogen (secondary N) is 1. The average molecular weight is 252 g/mol. The monoisotopic (exact) mass is 252 g/mol. The number of amides is 1. The summed E-state index contributed by atoms with van der Waals surface area (Å²) in [6.45, 7) is 7.58. The van der Waals surface area contributed by atoms with E-state index in [4.69, 9.17) is 0 Å². The van der Waals surface area contributed by atoms with Crippen LogP contribution in [0.15, 0.2) is 0 Å². The lowest BCUT2D eigenvalue weighted by atomic mass is 9.97. The molecule has 1 amide bonds. The molecular weight excluding hydrogens is 224 g/mol. The van der Waals surface area contributed by atoms with Gasteiger partial charge in [0.2, 0.25) is 5.91 Å². The summed E-state index contributed by atoms with van der Waals surface area (Å²) in [5, 5.41) is 3.67. The summed E-state index contributed by atoms with van der Waals surface area (Å²) in [7, 11) is 0. The lowest BCUT2D eigenvalue weighted by Crippen LogP contribution is -2.44. The Balaban J connectivity index is 2.11. The predicted molar refractivity (Wildman–Crippen MR) is 74.2 cm³/mol. The van der Waals surface area contributed by atoms with E-state index >= 15 is 0 Å². The second-order valence-electron chi connectivity index (χ2n) is 6.21. The molecule has 0 radical (unpaired) electrons. The molecular formula is C15H28N2O. The zero-order chi connectivity index (χ0) is 13.2. The van der Waals surface area contributed by atoms with Gasteiger partial charge in [-0.05, 0) is 25.2 Å². The van der Waals surface area contributed by atoms with E-state index in [0.29, 0.717) is 11.8 Å². The Kier molecular flexibility index (Phi) is 4.31. The quantitative estimate of drug-likeness (QED) is 0.816. The summed E-state index contributed by atoms with van der Waals surface area (Å²) in [5.41, 5.74) is -0.187. The molecule has 2 unspecified atom stereocenters. The van der Waals surface area contributed by atoms with Crippen LogP contribution in [-0.2, 0) is 4.79 Å². The summed E-state index contributed by atoms with van der Waals surface area (Å²) in [6, 6.07) is 0. The maximum absolute atomic E-state index is 12.7. The van der Waals surface area contributed by atoms with Gasteiger partial charge < -0.3 is 4.90 Å². The third kappa shape index (κ3) is 2.42. The smallest absolute Gasteiger partial charge is 0.244 e. The zero-order valence-electron chi connectivity index (χ0n) is 12.2. The third-order valence-electron chi connectivity index (χ3n) is 4.71. The van der Waals surface area contributed by atoms with Gasteiger partial charge in [0.1, 0.15) is 0 Å². The first-order chi connectivity index (χ1) is 8.63. The van der Waals surface area contributed by atoms with Crippen LogP contribution in [0.2, 0.25) is 0 Å². The molecule has 1 N–H and O–H groups in total. The highest BCUT2D eigenvalue weighted by Crippen LogP contribution is 2.37. The van der Waals surface area contributed by atoms with E-state index in [0.717, 1.165) is 38.6 Å². The predicted octanol–water partition coefficient (Wildman–Crippen LogP) is 2.90. The van der Waals surface area contributed by atoms with Crippen LogP contribution in [0.25, 0.3) is 0 Å². The van der Waals surface area contributed by atoms with Crippen LogP contribution in [0.1, 0.15) is 65.7 Å². The third-order valence-corrected chi connectivity index (χ3v) is 4.71. The van der Waals surface area contributed by atoms with Crippen LogP contribution in [0.4, 0.5) is 0 Å². The molecule has 1 heterocycles. The van der Waals surface area contributed by atoms with Crippen molar-refractivity contribution in [2.24, 2.45) is 5.92 Å². The lowest BCUT2D eigenvalue weighted by Gasteiger charge is -2.26. The Bertz CT molecular complexity index is 297. The SMILES string of the molecule is CCCC1NC2(CCCC2)C(=O)N1CC(C)CC. The number of hydrogen-bond donors (Lipinski definition) is 1. The van der Waals surface area contributed by atoms with Gasteiger partial charge in [-0.15, -0.1) is 0 Å². The molecule has 1 spiro atoms. The van der Waals surface area contributed by atoms with Gasteiger partial charge in [0.25, 0.3) is 0 Å². The van der Waals surface area contributed by atoms with Crippen LogP contribution in [-0.4, -0.2) is 29.1 Å². The molecule has 0 aromatic heterocycles.